The minimum Gasteiger partial charge on any atom is -0.286 e. The monoisotopic (exact) mass is 284 g/mol. The summed E-state index contributed by atoms with van der Waals surface area (Å²) in [5, 5.41) is 0. The maximum Gasteiger partial charge on any atom is 0.233 e. The van der Waals surface area contributed by atoms with E-state index in [1.807, 2.05) is 12.1 Å². The Hall–Kier alpha value is -0.970. The zero-order valence-electron chi connectivity index (χ0n) is 6.58. The highest BCUT2D eigenvalue weighted by molar-refractivity contribution is 14.1. The Morgan fingerprint density at radius 1 is 1.08 bits per heavy atom. The van der Waals surface area contributed by atoms with Crippen LogP contribution in [0.15, 0.2) is 24.3 Å². The first-order valence-corrected chi connectivity index (χ1v) is 4.82. The number of rotatable bonds is 0. The molecular weight excluding hydrogens is 279 g/mol. The van der Waals surface area contributed by atoms with Gasteiger partial charge in [-0.3, -0.25) is 9.59 Å². The van der Waals surface area contributed by atoms with Crippen molar-refractivity contribution >= 4 is 40.2 Å². The van der Waals surface area contributed by atoms with E-state index in [0.29, 0.717) is 5.56 Å². The summed E-state index contributed by atoms with van der Waals surface area (Å²) in [6.45, 7) is 0. The van der Waals surface area contributed by atoms with Gasteiger partial charge in [-0.15, -0.1) is 0 Å². The van der Waals surface area contributed by atoms with Crippen molar-refractivity contribution in [1.29, 1.82) is 0 Å². The number of carbonyl (C=O) groups is 2. The van der Waals surface area contributed by atoms with Crippen molar-refractivity contribution in [1.82, 2.24) is 0 Å². The summed E-state index contributed by atoms with van der Waals surface area (Å²) in [6.07, 6.45) is 3.00. The fraction of sp³-hybridized carbons (Fsp3) is 0. The first-order chi connectivity index (χ1) is 6.18. The van der Waals surface area contributed by atoms with Crippen molar-refractivity contribution in [2.75, 3.05) is 0 Å². The van der Waals surface area contributed by atoms with Gasteiger partial charge in [0.2, 0.25) is 11.6 Å². The second-order valence-corrected chi connectivity index (χ2v) is 4.00. The maximum atomic E-state index is 11.3. The molecule has 13 heavy (non-hydrogen) atoms. The number of hydrogen-bond acceptors (Lipinski definition) is 2. The third-order valence-electron chi connectivity index (χ3n) is 1.90. The van der Waals surface area contributed by atoms with E-state index in [9.17, 15) is 9.59 Å². The largest absolute Gasteiger partial charge is 0.286 e. The minimum atomic E-state index is -0.436. The van der Waals surface area contributed by atoms with Gasteiger partial charge < -0.3 is 0 Å². The minimum absolute atomic E-state index is 0.408. The summed E-state index contributed by atoms with van der Waals surface area (Å²) in [4.78, 5) is 22.3. The normalized spacial score (nSPS) is 14.5. The quantitative estimate of drug-likeness (QED) is 0.540. The van der Waals surface area contributed by atoms with Gasteiger partial charge in [0.15, 0.2) is 0 Å². The van der Waals surface area contributed by atoms with E-state index in [2.05, 4.69) is 22.6 Å². The predicted octanol–water partition coefficient (Wildman–Crippen LogP) is 2.07. The van der Waals surface area contributed by atoms with E-state index < -0.39 is 11.6 Å². The van der Waals surface area contributed by atoms with Crippen LogP contribution in [-0.2, 0) is 4.79 Å². The summed E-state index contributed by atoms with van der Waals surface area (Å²) in [6, 6.07) is 5.40. The van der Waals surface area contributed by atoms with Crippen LogP contribution in [0.4, 0.5) is 0 Å². The number of allylic oxidation sites excluding steroid dienone is 1. The third kappa shape index (κ3) is 1.44. The number of Topliss-reactive ketones (excluding diaryl/α,β-unsaturated/α-hetero) is 1. The summed E-state index contributed by atoms with van der Waals surface area (Å²) < 4.78 is 1.06. The van der Waals surface area contributed by atoms with Crippen LogP contribution in [0.3, 0.4) is 0 Å². The molecular formula is C10H5IO2. The fourth-order valence-electron chi connectivity index (χ4n) is 1.25. The van der Waals surface area contributed by atoms with Gasteiger partial charge in [-0.05, 0) is 52.4 Å². The molecule has 0 amide bonds. The van der Waals surface area contributed by atoms with E-state index in [4.69, 9.17) is 0 Å². The standard InChI is InChI=1S/C10H5IO2/c11-7-2-3-8-6(5-7)1-4-9(12)10(8)13/h1-5H. The fourth-order valence-corrected chi connectivity index (χ4v) is 1.77. The summed E-state index contributed by atoms with van der Waals surface area (Å²) in [5.41, 5.74) is 1.34. The van der Waals surface area contributed by atoms with Crippen molar-refractivity contribution in [3.8, 4) is 0 Å². The Morgan fingerprint density at radius 3 is 2.62 bits per heavy atom. The average molecular weight is 284 g/mol. The van der Waals surface area contributed by atoms with Crippen molar-refractivity contribution in [2.45, 2.75) is 0 Å². The average Bonchev–Trinajstić information content (AvgIpc) is 2.12. The third-order valence-corrected chi connectivity index (χ3v) is 2.57. The molecule has 64 valence electrons. The SMILES string of the molecule is O=C1C=Cc2cc(I)ccc2C1=O. The molecule has 0 bridgehead atoms. The molecule has 1 aromatic rings. The molecule has 1 aliphatic carbocycles. The Labute approximate surface area is 88.8 Å². The molecule has 0 aromatic heterocycles. The lowest BCUT2D eigenvalue weighted by molar-refractivity contribution is -0.110. The van der Waals surface area contributed by atoms with Crippen LogP contribution in [0.2, 0.25) is 0 Å². The molecule has 2 nitrogen and oxygen atoms in total. The van der Waals surface area contributed by atoms with Crippen molar-refractivity contribution in [2.24, 2.45) is 0 Å². The lowest BCUT2D eigenvalue weighted by atomic mass is 9.96. The Balaban J connectivity index is 2.66. The molecule has 0 aliphatic heterocycles. The van der Waals surface area contributed by atoms with Gasteiger partial charge in [-0.25, -0.2) is 0 Å². The number of halogens is 1. The van der Waals surface area contributed by atoms with Gasteiger partial charge in [-0.2, -0.15) is 0 Å². The highest BCUT2D eigenvalue weighted by Gasteiger charge is 2.20. The second-order valence-electron chi connectivity index (χ2n) is 2.76. The molecule has 0 atom stereocenters. The molecule has 0 unspecified atom stereocenters. The molecule has 0 fully saturated rings. The first kappa shape index (κ1) is 8.62. The summed E-state index contributed by atoms with van der Waals surface area (Å²) in [7, 11) is 0. The van der Waals surface area contributed by atoms with Crippen molar-refractivity contribution in [3.63, 3.8) is 0 Å². The van der Waals surface area contributed by atoms with E-state index >= 15 is 0 Å². The van der Waals surface area contributed by atoms with E-state index in [-0.39, 0.29) is 0 Å². The molecule has 0 spiro atoms. The molecule has 0 N–H and O–H groups in total. The van der Waals surface area contributed by atoms with Crippen molar-refractivity contribution in [3.05, 3.63) is 39.0 Å². The molecule has 0 saturated heterocycles. The van der Waals surface area contributed by atoms with Gasteiger partial charge in [-0.1, -0.05) is 6.08 Å². The van der Waals surface area contributed by atoms with E-state index in [0.717, 1.165) is 9.13 Å². The van der Waals surface area contributed by atoms with Crippen LogP contribution < -0.4 is 0 Å². The zero-order chi connectivity index (χ0) is 9.42. The summed E-state index contributed by atoms with van der Waals surface area (Å²) in [5.74, 6) is -0.845. The lowest BCUT2D eigenvalue weighted by Gasteiger charge is -2.07. The molecule has 1 aliphatic rings. The van der Waals surface area contributed by atoms with Gasteiger partial charge >= 0.3 is 0 Å². The van der Waals surface area contributed by atoms with Gasteiger partial charge in [0.25, 0.3) is 0 Å². The number of benzene rings is 1. The lowest BCUT2D eigenvalue weighted by Crippen LogP contribution is -2.15. The van der Waals surface area contributed by atoms with Crippen LogP contribution in [0.25, 0.3) is 6.08 Å². The molecule has 2 rings (SSSR count). The number of ketones is 2. The van der Waals surface area contributed by atoms with Gasteiger partial charge in [0.05, 0.1) is 0 Å². The molecule has 0 saturated carbocycles. The van der Waals surface area contributed by atoms with Crippen LogP contribution in [0.1, 0.15) is 15.9 Å². The van der Waals surface area contributed by atoms with Gasteiger partial charge in [0, 0.05) is 9.13 Å². The zero-order valence-corrected chi connectivity index (χ0v) is 8.74. The first-order valence-electron chi connectivity index (χ1n) is 3.75. The second kappa shape index (κ2) is 3.06. The molecule has 3 heteroatoms. The highest BCUT2D eigenvalue weighted by atomic mass is 127. The molecule has 0 radical (unpaired) electrons. The van der Waals surface area contributed by atoms with E-state index in [1.165, 1.54) is 6.08 Å². The smallest absolute Gasteiger partial charge is 0.233 e. The van der Waals surface area contributed by atoms with Crippen LogP contribution in [0, 0.1) is 3.57 Å². The highest BCUT2D eigenvalue weighted by Crippen LogP contribution is 2.19. The molecule has 1 aromatic carbocycles. The topological polar surface area (TPSA) is 34.1 Å². The predicted molar refractivity (Wildman–Crippen MR) is 57.5 cm³/mol. The Kier molecular flexibility index (Phi) is 2.03. The maximum absolute atomic E-state index is 11.3. The van der Waals surface area contributed by atoms with Crippen LogP contribution >= 0.6 is 22.6 Å². The summed E-state index contributed by atoms with van der Waals surface area (Å²) >= 11 is 2.17. The number of hydrogen-bond donors (Lipinski definition) is 0. The van der Waals surface area contributed by atoms with Crippen molar-refractivity contribution < 1.29 is 9.59 Å². The molecule has 0 heterocycles. The van der Waals surface area contributed by atoms with Gasteiger partial charge in [0.1, 0.15) is 0 Å². The van der Waals surface area contributed by atoms with E-state index in [1.54, 1.807) is 12.1 Å². The Morgan fingerprint density at radius 2 is 1.85 bits per heavy atom. The number of fused-ring (bicyclic) bond motifs is 1. The van der Waals surface area contributed by atoms with Crippen LogP contribution in [0.5, 0.6) is 0 Å². The van der Waals surface area contributed by atoms with Crippen LogP contribution in [-0.4, -0.2) is 11.6 Å². The number of carbonyl (C=O) groups excluding carboxylic acids is 2. The Bertz CT molecular complexity index is 433.